The summed E-state index contributed by atoms with van der Waals surface area (Å²) in [6.45, 7) is 12.8. The summed E-state index contributed by atoms with van der Waals surface area (Å²) in [6.07, 6.45) is 0.953. The SMILES string of the molecule is COc1ccnc(C(=O)N[C@H](C(=O)O[C@@H](C)[C@H](C)c2ccccc2C)C(C)C)c1OC(=O)C(C)C. The van der Waals surface area contributed by atoms with Crippen LogP contribution in [-0.4, -0.2) is 42.1 Å². The molecule has 0 aliphatic carbocycles. The van der Waals surface area contributed by atoms with Crippen molar-refractivity contribution in [2.75, 3.05) is 7.11 Å². The van der Waals surface area contributed by atoms with Crippen LogP contribution in [0.15, 0.2) is 36.5 Å². The van der Waals surface area contributed by atoms with Crippen molar-refractivity contribution in [2.45, 2.75) is 66.5 Å². The minimum Gasteiger partial charge on any atom is -0.493 e. The normalized spacial score (nSPS) is 13.7. The molecule has 8 nitrogen and oxygen atoms in total. The van der Waals surface area contributed by atoms with E-state index in [0.717, 1.165) is 11.1 Å². The number of aromatic nitrogens is 1. The Morgan fingerprint density at radius 3 is 2.17 bits per heavy atom. The molecule has 0 saturated carbocycles. The number of nitrogens with zero attached hydrogens (tertiary/aromatic N) is 1. The second-order valence-corrected chi connectivity index (χ2v) is 9.25. The van der Waals surface area contributed by atoms with Crippen LogP contribution in [0.3, 0.4) is 0 Å². The Morgan fingerprint density at radius 2 is 1.60 bits per heavy atom. The van der Waals surface area contributed by atoms with E-state index in [0.29, 0.717) is 0 Å². The Bertz CT molecular complexity index is 1050. The van der Waals surface area contributed by atoms with Crippen molar-refractivity contribution in [1.82, 2.24) is 10.3 Å². The van der Waals surface area contributed by atoms with Gasteiger partial charge in [-0.2, -0.15) is 0 Å². The van der Waals surface area contributed by atoms with Crippen LogP contribution in [-0.2, 0) is 14.3 Å². The van der Waals surface area contributed by atoms with Crippen LogP contribution in [0.4, 0.5) is 0 Å². The molecule has 190 valence electrons. The third-order valence-corrected chi connectivity index (χ3v) is 5.87. The van der Waals surface area contributed by atoms with Gasteiger partial charge in [0.05, 0.1) is 13.0 Å². The molecule has 1 aromatic carbocycles. The zero-order chi connectivity index (χ0) is 26.3. The van der Waals surface area contributed by atoms with Crippen molar-refractivity contribution in [3.8, 4) is 11.5 Å². The fraction of sp³-hybridized carbons (Fsp3) is 0.481. The first-order valence-electron chi connectivity index (χ1n) is 11.8. The zero-order valence-electron chi connectivity index (χ0n) is 21.7. The van der Waals surface area contributed by atoms with E-state index >= 15 is 0 Å². The number of rotatable bonds is 10. The topological polar surface area (TPSA) is 104 Å². The molecule has 0 aliphatic heterocycles. The number of benzene rings is 1. The number of amides is 1. The highest BCUT2D eigenvalue weighted by Crippen LogP contribution is 2.30. The van der Waals surface area contributed by atoms with Gasteiger partial charge in [0.25, 0.3) is 5.91 Å². The first-order valence-corrected chi connectivity index (χ1v) is 11.8. The fourth-order valence-electron chi connectivity index (χ4n) is 3.49. The highest BCUT2D eigenvalue weighted by Gasteiger charge is 2.31. The van der Waals surface area contributed by atoms with Gasteiger partial charge in [-0.25, -0.2) is 9.78 Å². The summed E-state index contributed by atoms with van der Waals surface area (Å²) in [7, 11) is 1.40. The third kappa shape index (κ3) is 7.04. The van der Waals surface area contributed by atoms with Gasteiger partial charge in [0, 0.05) is 18.2 Å². The van der Waals surface area contributed by atoms with E-state index in [9.17, 15) is 14.4 Å². The largest absolute Gasteiger partial charge is 0.493 e. The van der Waals surface area contributed by atoms with Gasteiger partial charge in [-0.15, -0.1) is 0 Å². The number of nitrogens with one attached hydrogen (secondary N) is 1. The lowest BCUT2D eigenvalue weighted by atomic mass is 9.92. The van der Waals surface area contributed by atoms with Crippen molar-refractivity contribution in [2.24, 2.45) is 11.8 Å². The Balaban J connectivity index is 2.23. The van der Waals surface area contributed by atoms with E-state index in [4.69, 9.17) is 14.2 Å². The molecule has 1 amide bonds. The maximum Gasteiger partial charge on any atom is 0.329 e. The third-order valence-electron chi connectivity index (χ3n) is 5.87. The lowest BCUT2D eigenvalue weighted by molar-refractivity contribution is -0.152. The van der Waals surface area contributed by atoms with Crippen LogP contribution in [0.2, 0.25) is 0 Å². The van der Waals surface area contributed by atoms with E-state index in [1.165, 1.54) is 19.4 Å². The molecule has 2 rings (SSSR count). The maximum absolute atomic E-state index is 13.2. The summed E-state index contributed by atoms with van der Waals surface area (Å²) in [5.74, 6) is -2.40. The summed E-state index contributed by atoms with van der Waals surface area (Å²) >= 11 is 0. The van der Waals surface area contributed by atoms with Crippen LogP contribution in [0.1, 0.15) is 69.1 Å². The summed E-state index contributed by atoms with van der Waals surface area (Å²) in [6, 6.07) is 8.50. The van der Waals surface area contributed by atoms with Crippen LogP contribution < -0.4 is 14.8 Å². The van der Waals surface area contributed by atoms with Crippen LogP contribution in [0.5, 0.6) is 11.5 Å². The second-order valence-electron chi connectivity index (χ2n) is 9.25. The van der Waals surface area contributed by atoms with Gasteiger partial charge in [-0.3, -0.25) is 9.59 Å². The molecule has 0 aliphatic rings. The highest BCUT2D eigenvalue weighted by molar-refractivity contribution is 5.99. The second kappa shape index (κ2) is 12.3. The summed E-state index contributed by atoms with van der Waals surface area (Å²) in [4.78, 5) is 42.5. The predicted octanol–water partition coefficient (Wildman–Crippen LogP) is 4.45. The Hall–Kier alpha value is -3.42. The van der Waals surface area contributed by atoms with Crippen molar-refractivity contribution < 1.29 is 28.6 Å². The molecule has 35 heavy (non-hydrogen) atoms. The fourth-order valence-corrected chi connectivity index (χ4v) is 3.49. The minimum absolute atomic E-state index is 0.0363. The van der Waals surface area contributed by atoms with Crippen LogP contribution >= 0.6 is 0 Å². The Kier molecular flexibility index (Phi) is 9.80. The number of pyridine rings is 1. The number of aryl methyl sites for hydroxylation is 1. The molecule has 0 unspecified atom stereocenters. The first kappa shape index (κ1) is 27.8. The molecule has 3 atom stereocenters. The molecule has 2 aromatic rings. The summed E-state index contributed by atoms with van der Waals surface area (Å²) in [5, 5.41) is 2.70. The molecular formula is C27H36N2O6. The number of carbonyl (C=O) groups excluding carboxylic acids is 3. The summed E-state index contributed by atoms with van der Waals surface area (Å²) in [5.41, 5.74) is 2.05. The molecule has 0 saturated heterocycles. The molecule has 8 heteroatoms. The number of hydrogen-bond donors (Lipinski definition) is 1. The Morgan fingerprint density at radius 1 is 0.943 bits per heavy atom. The molecule has 0 fully saturated rings. The van der Waals surface area contributed by atoms with E-state index in [1.54, 1.807) is 27.7 Å². The number of ether oxygens (including phenoxy) is 3. The average Bonchev–Trinajstić information content (AvgIpc) is 2.81. The number of hydrogen-bond acceptors (Lipinski definition) is 7. The van der Waals surface area contributed by atoms with Crippen molar-refractivity contribution in [1.29, 1.82) is 0 Å². The monoisotopic (exact) mass is 484 g/mol. The molecule has 0 bridgehead atoms. The molecule has 0 spiro atoms. The smallest absolute Gasteiger partial charge is 0.329 e. The van der Waals surface area contributed by atoms with E-state index in [-0.39, 0.29) is 29.0 Å². The molecule has 0 radical (unpaired) electrons. The highest BCUT2D eigenvalue weighted by atomic mass is 16.6. The molecule has 1 aromatic heterocycles. The van der Waals surface area contributed by atoms with Gasteiger partial charge in [-0.05, 0) is 30.9 Å². The first-order chi connectivity index (χ1) is 16.5. The van der Waals surface area contributed by atoms with Crippen molar-refractivity contribution >= 4 is 17.8 Å². The van der Waals surface area contributed by atoms with Gasteiger partial charge in [-0.1, -0.05) is 58.9 Å². The lowest BCUT2D eigenvalue weighted by Crippen LogP contribution is -2.46. The zero-order valence-corrected chi connectivity index (χ0v) is 21.7. The van der Waals surface area contributed by atoms with E-state index in [2.05, 4.69) is 10.3 Å². The van der Waals surface area contributed by atoms with Crippen LogP contribution in [0, 0.1) is 18.8 Å². The van der Waals surface area contributed by atoms with Gasteiger partial charge < -0.3 is 19.5 Å². The van der Waals surface area contributed by atoms with E-state index < -0.39 is 35.9 Å². The van der Waals surface area contributed by atoms with Gasteiger partial charge in [0.2, 0.25) is 5.75 Å². The number of methoxy groups -OCH3 is 1. The number of carbonyl (C=O) groups is 3. The number of esters is 2. The van der Waals surface area contributed by atoms with E-state index in [1.807, 2.05) is 45.0 Å². The average molecular weight is 485 g/mol. The van der Waals surface area contributed by atoms with Gasteiger partial charge in [0.1, 0.15) is 12.1 Å². The molecule has 1 N–H and O–H groups in total. The lowest BCUT2D eigenvalue weighted by Gasteiger charge is -2.27. The Labute approximate surface area is 207 Å². The summed E-state index contributed by atoms with van der Waals surface area (Å²) < 4.78 is 16.4. The maximum atomic E-state index is 13.2. The van der Waals surface area contributed by atoms with Gasteiger partial charge >= 0.3 is 11.9 Å². The predicted molar refractivity (Wildman–Crippen MR) is 133 cm³/mol. The quantitative estimate of drug-likeness (QED) is 0.497. The minimum atomic E-state index is -0.935. The van der Waals surface area contributed by atoms with Crippen LogP contribution in [0.25, 0.3) is 0 Å². The van der Waals surface area contributed by atoms with Gasteiger partial charge in [0.15, 0.2) is 11.4 Å². The molecular weight excluding hydrogens is 448 g/mol. The standard InChI is InChI=1S/C27H36N2O6/c1-15(2)22(27(32)34-19(7)18(6)20-12-10-9-11-17(20)5)29-25(30)23-24(35-26(31)16(3)4)21(33-8)13-14-28-23/h9-16,18-19,22H,1-8H3,(H,29,30)/t18-,19-,22-/m0/s1. The van der Waals surface area contributed by atoms with Crippen molar-refractivity contribution in [3.63, 3.8) is 0 Å². The van der Waals surface area contributed by atoms with Crippen molar-refractivity contribution in [3.05, 3.63) is 53.3 Å². The molecule has 1 heterocycles.